The molecule has 6 rings (SSSR count). The molecule has 0 unspecified atom stereocenters. The van der Waals surface area contributed by atoms with E-state index in [-0.39, 0.29) is 6.54 Å². The lowest BCUT2D eigenvalue weighted by molar-refractivity contribution is -0.117. The fraction of sp³-hybridized carbons (Fsp3) is 0.214. The molecule has 5 aromatic rings. The molecule has 4 heterocycles. The van der Waals surface area contributed by atoms with Gasteiger partial charge in [0.25, 0.3) is 0 Å². The molecule has 0 saturated carbocycles. The third-order valence-corrected chi connectivity index (χ3v) is 6.80. The average molecular weight is 540 g/mol. The highest BCUT2D eigenvalue weighted by molar-refractivity contribution is 5.89. The first kappa shape index (κ1) is 25.2. The molecule has 0 bridgehead atoms. The summed E-state index contributed by atoms with van der Waals surface area (Å²) in [6.45, 7) is 5.79. The van der Waals surface area contributed by atoms with E-state index in [1.165, 1.54) is 6.33 Å². The van der Waals surface area contributed by atoms with Crippen LogP contribution in [0.5, 0.6) is 11.5 Å². The van der Waals surface area contributed by atoms with Gasteiger partial charge in [-0.3, -0.25) is 4.79 Å². The quantitative estimate of drug-likeness (QED) is 0.296. The average Bonchev–Trinajstić information content (AvgIpc) is 3.51. The van der Waals surface area contributed by atoms with Crippen molar-refractivity contribution in [3.63, 3.8) is 0 Å². The van der Waals surface area contributed by atoms with E-state index in [9.17, 15) is 9.18 Å². The minimum atomic E-state index is -1.22. The van der Waals surface area contributed by atoms with Crippen LogP contribution in [0.15, 0.2) is 67.5 Å². The molecule has 40 heavy (non-hydrogen) atoms. The smallest absolute Gasteiger partial charge is 0.243 e. The lowest BCUT2D eigenvalue weighted by Crippen LogP contribution is -2.40. The van der Waals surface area contributed by atoms with Crippen molar-refractivity contribution in [1.82, 2.24) is 35.3 Å². The molecule has 1 fully saturated rings. The van der Waals surface area contributed by atoms with Gasteiger partial charge in [0.2, 0.25) is 5.91 Å². The number of hydrogen-bond donors (Lipinski definition) is 2. The van der Waals surface area contributed by atoms with Crippen LogP contribution in [0.3, 0.4) is 0 Å². The number of nitrogens with zero attached hydrogens (tertiary/aromatic N) is 7. The molecule has 1 aliphatic heterocycles. The molecule has 3 aromatic heterocycles. The van der Waals surface area contributed by atoms with Gasteiger partial charge in [0.15, 0.2) is 5.82 Å². The van der Waals surface area contributed by atoms with Crippen molar-refractivity contribution < 1.29 is 13.9 Å². The van der Waals surface area contributed by atoms with E-state index in [2.05, 4.69) is 37.5 Å². The maximum absolute atomic E-state index is 14.6. The monoisotopic (exact) mass is 539 g/mol. The van der Waals surface area contributed by atoms with Crippen LogP contribution in [-0.4, -0.2) is 61.2 Å². The standard InChI is InChI=1S/C28H26FN9O2/c1-4-26(39)33-22-14-38(13-19(22)29)25-10-7-20-27(34-25)28(31-15-30-20)32-17-5-9-24(16(2)11-17)40-18-6-8-23-21(12-18)35-36-37(23)3/h4-12,15,19,22H,1,13-14H2,2-3H3,(H,33,39)(H,30,31,32)/t19-,22+/m1/s1. The number of halogens is 1. The number of anilines is 3. The Hall–Kier alpha value is -5.13. The number of nitrogens with one attached hydrogen (secondary N) is 2. The van der Waals surface area contributed by atoms with Crippen molar-refractivity contribution in [2.24, 2.45) is 7.05 Å². The molecular weight excluding hydrogens is 513 g/mol. The van der Waals surface area contributed by atoms with Crippen molar-refractivity contribution in [3.8, 4) is 11.5 Å². The first-order valence-corrected chi connectivity index (χ1v) is 12.7. The fourth-order valence-electron chi connectivity index (χ4n) is 4.72. The van der Waals surface area contributed by atoms with Gasteiger partial charge < -0.3 is 20.3 Å². The zero-order chi connectivity index (χ0) is 27.8. The summed E-state index contributed by atoms with van der Waals surface area (Å²) in [5.74, 6) is 2.05. The fourth-order valence-corrected chi connectivity index (χ4v) is 4.72. The minimum absolute atomic E-state index is 0.113. The minimum Gasteiger partial charge on any atom is -0.457 e. The van der Waals surface area contributed by atoms with Gasteiger partial charge in [0, 0.05) is 25.3 Å². The molecular formula is C28H26FN9O2. The molecule has 11 nitrogen and oxygen atoms in total. The Labute approximate surface area is 228 Å². The summed E-state index contributed by atoms with van der Waals surface area (Å²) in [7, 11) is 1.84. The van der Waals surface area contributed by atoms with E-state index >= 15 is 0 Å². The molecule has 0 aliphatic carbocycles. The van der Waals surface area contributed by atoms with E-state index in [0.29, 0.717) is 40.7 Å². The van der Waals surface area contributed by atoms with Gasteiger partial charge in [-0.15, -0.1) is 5.10 Å². The van der Waals surface area contributed by atoms with Gasteiger partial charge in [-0.25, -0.2) is 24.0 Å². The Morgan fingerprint density at radius 2 is 2.00 bits per heavy atom. The zero-order valence-electron chi connectivity index (χ0n) is 21.9. The highest BCUT2D eigenvalue weighted by atomic mass is 19.1. The van der Waals surface area contributed by atoms with E-state index in [0.717, 1.165) is 28.4 Å². The van der Waals surface area contributed by atoms with E-state index in [1.807, 2.05) is 56.4 Å². The number of benzene rings is 2. The van der Waals surface area contributed by atoms with Crippen LogP contribution in [0.1, 0.15) is 5.56 Å². The largest absolute Gasteiger partial charge is 0.457 e. The Balaban J connectivity index is 1.21. The van der Waals surface area contributed by atoms with Gasteiger partial charge in [-0.2, -0.15) is 0 Å². The number of pyridine rings is 1. The highest BCUT2D eigenvalue weighted by Crippen LogP contribution is 2.31. The third kappa shape index (κ3) is 4.86. The molecule has 2 atom stereocenters. The normalized spacial score (nSPS) is 16.8. The molecule has 0 spiro atoms. The first-order chi connectivity index (χ1) is 19.4. The maximum atomic E-state index is 14.6. The van der Waals surface area contributed by atoms with E-state index < -0.39 is 18.1 Å². The second-order valence-electron chi connectivity index (χ2n) is 9.57. The van der Waals surface area contributed by atoms with Crippen molar-refractivity contribution in [1.29, 1.82) is 0 Å². The number of rotatable bonds is 7. The molecule has 1 amide bonds. The predicted molar refractivity (Wildman–Crippen MR) is 150 cm³/mol. The van der Waals surface area contributed by atoms with Crippen LogP contribution < -0.4 is 20.3 Å². The third-order valence-electron chi connectivity index (χ3n) is 6.80. The maximum Gasteiger partial charge on any atom is 0.243 e. The lowest BCUT2D eigenvalue weighted by Gasteiger charge is -2.18. The van der Waals surface area contributed by atoms with Crippen LogP contribution in [-0.2, 0) is 11.8 Å². The van der Waals surface area contributed by atoms with Gasteiger partial charge in [-0.05, 0) is 61.0 Å². The second kappa shape index (κ2) is 10.2. The Kier molecular flexibility index (Phi) is 6.42. The molecule has 12 heteroatoms. The molecule has 1 saturated heterocycles. The summed E-state index contributed by atoms with van der Waals surface area (Å²) in [5, 5.41) is 14.1. The molecule has 0 radical (unpaired) electrons. The van der Waals surface area contributed by atoms with Crippen LogP contribution in [0.25, 0.3) is 22.1 Å². The Morgan fingerprint density at radius 3 is 2.83 bits per heavy atom. The van der Waals surface area contributed by atoms with Crippen molar-refractivity contribution in [2.45, 2.75) is 19.1 Å². The summed E-state index contributed by atoms with van der Waals surface area (Å²) in [4.78, 5) is 26.9. The van der Waals surface area contributed by atoms with Crippen LogP contribution >= 0.6 is 0 Å². The van der Waals surface area contributed by atoms with Gasteiger partial charge >= 0.3 is 0 Å². The number of aryl methyl sites for hydroxylation is 2. The SMILES string of the molecule is C=CC(=O)N[C@H]1CN(c2ccc3ncnc(Nc4ccc(Oc5ccc6c(c5)nnn6C)c(C)c4)c3n2)C[C@H]1F. The van der Waals surface area contributed by atoms with Crippen molar-refractivity contribution in [3.05, 3.63) is 73.1 Å². The van der Waals surface area contributed by atoms with Crippen molar-refractivity contribution in [2.75, 3.05) is 23.3 Å². The number of hydrogen-bond acceptors (Lipinski definition) is 9. The van der Waals surface area contributed by atoms with Gasteiger partial charge in [-0.1, -0.05) is 11.8 Å². The van der Waals surface area contributed by atoms with Crippen LogP contribution in [0.4, 0.5) is 21.7 Å². The number of carbonyl (C=O) groups excluding carboxylic acids is 1. The number of aromatic nitrogens is 6. The summed E-state index contributed by atoms with van der Waals surface area (Å²) < 4.78 is 22.4. The number of amides is 1. The summed E-state index contributed by atoms with van der Waals surface area (Å²) >= 11 is 0. The van der Waals surface area contributed by atoms with E-state index in [4.69, 9.17) is 9.72 Å². The molecule has 2 aromatic carbocycles. The Bertz CT molecular complexity index is 1760. The lowest BCUT2D eigenvalue weighted by atomic mass is 10.2. The van der Waals surface area contributed by atoms with Gasteiger partial charge in [0.1, 0.15) is 40.8 Å². The number of fused-ring (bicyclic) bond motifs is 2. The molecule has 2 N–H and O–H groups in total. The second-order valence-corrected chi connectivity index (χ2v) is 9.57. The van der Waals surface area contributed by atoms with Gasteiger partial charge in [0.05, 0.1) is 23.6 Å². The first-order valence-electron chi connectivity index (χ1n) is 12.7. The van der Waals surface area contributed by atoms with Crippen LogP contribution in [0.2, 0.25) is 0 Å². The Morgan fingerprint density at radius 1 is 1.12 bits per heavy atom. The number of ether oxygens (including phenoxy) is 1. The highest BCUT2D eigenvalue weighted by Gasteiger charge is 2.34. The summed E-state index contributed by atoms with van der Waals surface area (Å²) in [5.41, 5.74) is 4.57. The van der Waals surface area contributed by atoms with Crippen molar-refractivity contribution >= 4 is 45.3 Å². The number of carbonyl (C=O) groups is 1. The molecule has 1 aliphatic rings. The zero-order valence-corrected chi connectivity index (χ0v) is 21.9. The summed E-state index contributed by atoms with van der Waals surface area (Å²) in [6.07, 6.45) is 1.38. The molecule has 202 valence electrons. The number of alkyl halides is 1. The summed E-state index contributed by atoms with van der Waals surface area (Å²) in [6, 6.07) is 14.4. The van der Waals surface area contributed by atoms with E-state index in [1.54, 1.807) is 15.6 Å². The predicted octanol–water partition coefficient (Wildman–Crippen LogP) is 3.98. The topological polar surface area (TPSA) is 123 Å². The van der Waals surface area contributed by atoms with Crippen LogP contribution in [0, 0.1) is 6.92 Å².